The van der Waals surface area contributed by atoms with Gasteiger partial charge in [0.05, 0.1) is 6.04 Å². The number of nitrogens with zero attached hydrogens (tertiary/aromatic N) is 1. The van der Waals surface area contributed by atoms with Crippen molar-refractivity contribution in [3.63, 3.8) is 0 Å². The van der Waals surface area contributed by atoms with Crippen LogP contribution in [0, 0.1) is 5.41 Å². The first-order valence-corrected chi connectivity index (χ1v) is 11.1. The molecule has 4 rings (SSSR count). The van der Waals surface area contributed by atoms with Gasteiger partial charge in [0.2, 0.25) is 5.91 Å². The molecule has 6 nitrogen and oxygen atoms in total. The van der Waals surface area contributed by atoms with E-state index in [0.29, 0.717) is 5.56 Å². The van der Waals surface area contributed by atoms with E-state index in [1.54, 1.807) is 6.92 Å². The van der Waals surface area contributed by atoms with Crippen molar-refractivity contribution in [3.8, 4) is 0 Å². The number of nitrogens with one attached hydrogen (secondary N) is 2. The lowest BCUT2D eigenvalue weighted by Crippen LogP contribution is -2.45. The lowest BCUT2D eigenvalue weighted by molar-refractivity contribution is -0.135. The number of amides is 4. The Morgan fingerprint density at radius 1 is 0.970 bits per heavy atom. The average Bonchev–Trinajstić information content (AvgIpc) is 3.01. The Kier molecular flexibility index (Phi) is 5.70. The van der Waals surface area contributed by atoms with E-state index in [2.05, 4.69) is 10.6 Å². The maximum absolute atomic E-state index is 13.3. The molecule has 3 aromatic carbocycles. The molecule has 0 saturated carbocycles. The summed E-state index contributed by atoms with van der Waals surface area (Å²) in [6, 6.07) is 22.4. The second-order valence-corrected chi connectivity index (χ2v) is 9.79. The topological polar surface area (TPSA) is 78.5 Å². The van der Waals surface area contributed by atoms with E-state index in [-0.39, 0.29) is 23.9 Å². The molecule has 1 heterocycles. The zero-order valence-corrected chi connectivity index (χ0v) is 19.4. The van der Waals surface area contributed by atoms with E-state index in [1.165, 1.54) is 0 Å². The van der Waals surface area contributed by atoms with Gasteiger partial charge in [0.15, 0.2) is 0 Å². The molecular formula is C27H29N3O3. The van der Waals surface area contributed by atoms with Crippen LogP contribution in [0.4, 0.5) is 4.79 Å². The van der Waals surface area contributed by atoms with Crippen molar-refractivity contribution in [1.82, 2.24) is 15.5 Å². The molecule has 33 heavy (non-hydrogen) atoms. The van der Waals surface area contributed by atoms with Crippen LogP contribution in [-0.2, 0) is 15.1 Å². The molecule has 6 heteroatoms. The minimum absolute atomic E-state index is 0.256. The number of fused-ring (bicyclic) bond motifs is 1. The van der Waals surface area contributed by atoms with Gasteiger partial charge < -0.3 is 10.6 Å². The predicted molar refractivity (Wildman–Crippen MR) is 128 cm³/mol. The van der Waals surface area contributed by atoms with E-state index >= 15 is 0 Å². The lowest BCUT2D eigenvalue weighted by Gasteiger charge is -2.32. The third-order valence-electron chi connectivity index (χ3n) is 6.21. The second-order valence-electron chi connectivity index (χ2n) is 9.79. The molecule has 1 aliphatic heterocycles. The van der Waals surface area contributed by atoms with Crippen LogP contribution in [0.2, 0.25) is 0 Å². The van der Waals surface area contributed by atoms with Crippen molar-refractivity contribution in [2.45, 2.75) is 39.3 Å². The van der Waals surface area contributed by atoms with Gasteiger partial charge in [-0.15, -0.1) is 0 Å². The van der Waals surface area contributed by atoms with Gasteiger partial charge in [-0.25, -0.2) is 4.79 Å². The highest BCUT2D eigenvalue weighted by molar-refractivity contribution is 6.09. The molecule has 2 unspecified atom stereocenters. The highest BCUT2D eigenvalue weighted by Crippen LogP contribution is 2.33. The molecule has 4 amide bonds. The summed E-state index contributed by atoms with van der Waals surface area (Å²) in [5.41, 5.74) is 0.161. The fourth-order valence-electron chi connectivity index (χ4n) is 4.33. The number of rotatable bonds is 5. The van der Waals surface area contributed by atoms with E-state index in [4.69, 9.17) is 0 Å². The molecule has 2 N–H and O–H groups in total. The molecule has 0 radical (unpaired) electrons. The molecule has 170 valence electrons. The lowest BCUT2D eigenvalue weighted by atomic mass is 9.82. The highest BCUT2D eigenvalue weighted by Gasteiger charge is 2.49. The van der Waals surface area contributed by atoms with E-state index in [9.17, 15) is 14.4 Å². The van der Waals surface area contributed by atoms with Crippen LogP contribution in [-0.4, -0.2) is 29.3 Å². The molecule has 1 saturated heterocycles. The summed E-state index contributed by atoms with van der Waals surface area (Å²) >= 11 is 0. The van der Waals surface area contributed by atoms with Crippen LogP contribution in [0.25, 0.3) is 10.8 Å². The first-order chi connectivity index (χ1) is 15.6. The van der Waals surface area contributed by atoms with Crippen LogP contribution in [0.15, 0.2) is 72.8 Å². The fraction of sp³-hybridized carbons (Fsp3) is 0.296. The number of hydrogen-bond donors (Lipinski definition) is 2. The summed E-state index contributed by atoms with van der Waals surface area (Å²) in [4.78, 5) is 40.0. The standard InChI is InChI=1S/C27H29N3O3/c1-26(2,3)23(19-11-6-5-7-12-19)28-22(31)17-30-24(32)27(4,29-25(30)33)21-15-14-18-10-8-9-13-20(18)16-21/h5-16,23H,17H2,1-4H3,(H,28,31)(H,29,33). The number of hydrogen-bond acceptors (Lipinski definition) is 3. The van der Waals surface area contributed by atoms with Crippen LogP contribution in [0.5, 0.6) is 0 Å². The first-order valence-electron chi connectivity index (χ1n) is 11.1. The summed E-state index contributed by atoms with van der Waals surface area (Å²) < 4.78 is 0. The van der Waals surface area contributed by atoms with Gasteiger partial charge in [-0.2, -0.15) is 0 Å². The quantitative estimate of drug-likeness (QED) is 0.570. The third kappa shape index (κ3) is 4.33. The molecule has 1 aliphatic rings. The van der Waals surface area contributed by atoms with Crippen molar-refractivity contribution in [3.05, 3.63) is 83.9 Å². The predicted octanol–water partition coefficient (Wildman–Crippen LogP) is 4.51. The Balaban J connectivity index is 1.54. The Labute approximate surface area is 194 Å². The van der Waals surface area contributed by atoms with Crippen LogP contribution >= 0.6 is 0 Å². The molecule has 0 spiro atoms. The number of urea groups is 1. The highest BCUT2D eigenvalue weighted by atomic mass is 16.2. The molecule has 2 atom stereocenters. The van der Waals surface area contributed by atoms with Gasteiger partial charge >= 0.3 is 6.03 Å². The van der Waals surface area contributed by atoms with Gasteiger partial charge in [0.1, 0.15) is 12.1 Å². The Hall–Kier alpha value is -3.67. The van der Waals surface area contributed by atoms with Gasteiger partial charge in [0.25, 0.3) is 5.91 Å². The van der Waals surface area contributed by atoms with Gasteiger partial charge in [0, 0.05) is 0 Å². The number of carbonyl (C=O) groups is 3. The Bertz CT molecular complexity index is 1220. The molecular weight excluding hydrogens is 414 g/mol. The van der Waals surface area contributed by atoms with E-state index < -0.39 is 17.5 Å². The van der Waals surface area contributed by atoms with Crippen molar-refractivity contribution >= 4 is 28.6 Å². The van der Waals surface area contributed by atoms with Crippen LogP contribution in [0.3, 0.4) is 0 Å². The van der Waals surface area contributed by atoms with Crippen molar-refractivity contribution in [2.24, 2.45) is 5.41 Å². The molecule has 0 bridgehead atoms. The molecule has 0 aromatic heterocycles. The summed E-state index contributed by atoms with van der Waals surface area (Å²) in [5, 5.41) is 7.83. The summed E-state index contributed by atoms with van der Waals surface area (Å²) in [5.74, 6) is -0.824. The molecule has 0 aliphatic carbocycles. The Morgan fingerprint density at radius 3 is 2.27 bits per heavy atom. The van der Waals surface area contributed by atoms with Gasteiger partial charge in [-0.1, -0.05) is 87.5 Å². The average molecular weight is 444 g/mol. The zero-order chi connectivity index (χ0) is 23.8. The summed E-state index contributed by atoms with van der Waals surface area (Å²) in [6.07, 6.45) is 0. The van der Waals surface area contributed by atoms with Crippen molar-refractivity contribution in [1.29, 1.82) is 0 Å². The normalized spacial score (nSPS) is 19.5. The van der Waals surface area contributed by atoms with Crippen molar-refractivity contribution in [2.75, 3.05) is 6.54 Å². The smallest absolute Gasteiger partial charge is 0.325 e. The summed E-state index contributed by atoms with van der Waals surface area (Å²) in [6.45, 7) is 7.45. The molecule has 3 aromatic rings. The fourth-order valence-corrected chi connectivity index (χ4v) is 4.33. The maximum atomic E-state index is 13.3. The minimum Gasteiger partial charge on any atom is -0.347 e. The molecule has 1 fully saturated rings. The Morgan fingerprint density at radius 2 is 1.61 bits per heavy atom. The number of carbonyl (C=O) groups excluding carboxylic acids is 3. The largest absolute Gasteiger partial charge is 0.347 e. The number of benzene rings is 3. The van der Waals surface area contributed by atoms with Gasteiger partial charge in [-0.05, 0) is 40.3 Å². The zero-order valence-electron chi connectivity index (χ0n) is 19.4. The maximum Gasteiger partial charge on any atom is 0.325 e. The second kappa shape index (κ2) is 8.35. The third-order valence-corrected chi connectivity index (χ3v) is 6.21. The van der Waals surface area contributed by atoms with Crippen LogP contribution < -0.4 is 10.6 Å². The van der Waals surface area contributed by atoms with Crippen LogP contribution in [0.1, 0.15) is 44.9 Å². The SMILES string of the molecule is CC1(c2ccc3ccccc3c2)NC(=O)N(CC(=O)NC(c2ccccc2)C(C)(C)C)C1=O. The van der Waals surface area contributed by atoms with Gasteiger partial charge in [-0.3, -0.25) is 14.5 Å². The first kappa shape index (κ1) is 22.5. The number of imide groups is 1. The van der Waals surface area contributed by atoms with E-state index in [1.807, 2.05) is 93.6 Å². The van der Waals surface area contributed by atoms with Crippen molar-refractivity contribution < 1.29 is 14.4 Å². The summed E-state index contributed by atoms with van der Waals surface area (Å²) in [7, 11) is 0. The monoisotopic (exact) mass is 443 g/mol. The minimum atomic E-state index is -1.23. The van der Waals surface area contributed by atoms with E-state index in [0.717, 1.165) is 21.2 Å².